The van der Waals surface area contributed by atoms with Crippen LogP contribution in [0.2, 0.25) is 0 Å². The lowest BCUT2D eigenvalue weighted by molar-refractivity contribution is -0.135. The zero-order chi connectivity index (χ0) is 23.0. The van der Waals surface area contributed by atoms with Crippen LogP contribution in [0.3, 0.4) is 0 Å². The number of carbonyl (C=O) groups excluding carboxylic acids is 3. The molecule has 1 aromatic carbocycles. The molecule has 0 aliphatic rings. The third kappa shape index (κ3) is 5.80. The number of rotatable bonds is 6. The van der Waals surface area contributed by atoms with Crippen molar-refractivity contribution in [3.63, 3.8) is 0 Å². The summed E-state index contributed by atoms with van der Waals surface area (Å²) in [7, 11) is 1.19. The predicted octanol–water partition coefficient (Wildman–Crippen LogP) is 1.24. The Morgan fingerprint density at radius 2 is 1.74 bits per heavy atom. The lowest BCUT2D eigenvalue weighted by Gasteiger charge is -2.36. The van der Waals surface area contributed by atoms with E-state index < -0.39 is 35.9 Å². The Kier molecular flexibility index (Phi) is 7.70. The number of hydrogen-bond donors (Lipinski definition) is 5. The average molecular weight is 434 g/mol. The van der Waals surface area contributed by atoms with Crippen LogP contribution in [0.1, 0.15) is 28.4 Å². The molecule has 0 saturated heterocycles. The van der Waals surface area contributed by atoms with Crippen molar-refractivity contribution in [2.24, 2.45) is 0 Å². The summed E-state index contributed by atoms with van der Waals surface area (Å²) in [5, 5.41) is 15.1. The summed E-state index contributed by atoms with van der Waals surface area (Å²) >= 11 is 0. The molecule has 1 unspecified atom stereocenters. The zero-order valence-electron chi connectivity index (χ0n) is 16.5. The van der Waals surface area contributed by atoms with Crippen LogP contribution in [0.25, 0.3) is 0 Å². The molecule has 0 fully saturated rings. The van der Waals surface area contributed by atoms with Crippen LogP contribution in [0.15, 0.2) is 47.3 Å². The number of nitrogens with one attached hydrogen (secondary N) is 4. The van der Waals surface area contributed by atoms with Crippen LogP contribution in [-0.2, 0) is 4.79 Å². The molecule has 1 heterocycles. The van der Waals surface area contributed by atoms with Crippen LogP contribution >= 0.6 is 0 Å². The first-order valence-electron chi connectivity index (χ1n) is 8.88. The van der Waals surface area contributed by atoms with E-state index in [-0.39, 0.29) is 5.56 Å². The van der Waals surface area contributed by atoms with E-state index in [1.54, 1.807) is 6.07 Å². The van der Waals surface area contributed by atoms with Gasteiger partial charge in [-0.15, -0.1) is 0 Å². The van der Waals surface area contributed by atoms with Gasteiger partial charge >= 0.3 is 6.03 Å². The molecule has 4 amide bonds. The first kappa shape index (κ1) is 23.4. The topological polar surface area (TPSA) is 133 Å². The van der Waals surface area contributed by atoms with E-state index in [9.17, 15) is 23.2 Å². The lowest BCUT2D eigenvalue weighted by atomic mass is 9.91. The van der Waals surface area contributed by atoms with Crippen LogP contribution in [0, 0.1) is 11.8 Å². The number of alkyl halides is 2. The fourth-order valence-electron chi connectivity index (χ4n) is 2.51. The Morgan fingerprint density at radius 3 is 2.26 bits per heavy atom. The third-order valence-electron chi connectivity index (χ3n) is 4.33. The molecule has 11 heteroatoms. The van der Waals surface area contributed by atoms with Gasteiger partial charge in [0.1, 0.15) is 17.8 Å². The second-order valence-electron chi connectivity index (χ2n) is 6.51. The summed E-state index contributed by atoms with van der Waals surface area (Å²) in [5.74, 6) is 3.48. The van der Waals surface area contributed by atoms with Gasteiger partial charge < -0.3 is 20.4 Å². The minimum atomic E-state index is -3.27. The summed E-state index contributed by atoms with van der Waals surface area (Å²) in [6.07, 6.45) is -0.329. The molecule has 0 radical (unpaired) electrons. The molecule has 0 saturated carbocycles. The normalized spacial score (nSPS) is 13.2. The molecule has 2 aromatic rings. The fraction of sp³-hybridized carbons (Fsp3) is 0.250. The predicted molar refractivity (Wildman–Crippen MR) is 104 cm³/mol. The Hall–Kier alpha value is -3.91. The Morgan fingerprint density at radius 1 is 1.10 bits per heavy atom. The highest BCUT2D eigenvalue weighted by Crippen LogP contribution is 2.21. The van der Waals surface area contributed by atoms with Crippen LogP contribution in [0.4, 0.5) is 13.6 Å². The Bertz CT molecular complexity index is 983. The number of hydroxylamine groups is 1. The van der Waals surface area contributed by atoms with Gasteiger partial charge in [-0.1, -0.05) is 11.8 Å². The molecule has 2 atom stereocenters. The second-order valence-corrected chi connectivity index (χ2v) is 6.51. The van der Waals surface area contributed by atoms with Crippen molar-refractivity contribution in [3.05, 3.63) is 59.5 Å². The average Bonchev–Trinajstić information content (AvgIpc) is 3.29. The van der Waals surface area contributed by atoms with E-state index in [0.29, 0.717) is 11.1 Å². The zero-order valence-corrected chi connectivity index (χ0v) is 16.5. The van der Waals surface area contributed by atoms with Crippen molar-refractivity contribution >= 4 is 17.8 Å². The summed E-state index contributed by atoms with van der Waals surface area (Å²) in [4.78, 5) is 36.2. The molecule has 164 valence electrons. The molecule has 0 spiro atoms. The number of benzene rings is 1. The summed E-state index contributed by atoms with van der Waals surface area (Å²) in [6.45, 7) is 0.863. The quantitative estimate of drug-likeness (QED) is 0.265. The lowest BCUT2D eigenvalue weighted by Crippen LogP contribution is -2.69. The highest BCUT2D eigenvalue weighted by atomic mass is 19.3. The van der Waals surface area contributed by atoms with Crippen molar-refractivity contribution in [2.75, 3.05) is 7.05 Å². The van der Waals surface area contributed by atoms with E-state index in [1.807, 2.05) is 5.32 Å². The van der Waals surface area contributed by atoms with Gasteiger partial charge in [-0.05, 0) is 37.3 Å². The van der Waals surface area contributed by atoms with Gasteiger partial charge in [0, 0.05) is 18.2 Å². The maximum absolute atomic E-state index is 13.8. The molecule has 31 heavy (non-hydrogen) atoms. The summed E-state index contributed by atoms with van der Waals surface area (Å²) < 4.78 is 32.4. The van der Waals surface area contributed by atoms with Gasteiger partial charge in [0.25, 0.3) is 18.2 Å². The Labute approximate surface area is 176 Å². The molecule has 0 bridgehead atoms. The maximum atomic E-state index is 13.8. The number of furan rings is 1. The molecule has 9 nitrogen and oxygen atoms in total. The van der Waals surface area contributed by atoms with Crippen LogP contribution in [0.5, 0.6) is 0 Å². The van der Waals surface area contributed by atoms with Crippen molar-refractivity contribution in [1.29, 1.82) is 0 Å². The van der Waals surface area contributed by atoms with Gasteiger partial charge in [0.05, 0.1) is 11.8 Å². The van der Waals surface area contributed by atoms with E-state index in [1.165, 1.54) is 49.3 Å². The molecular weight excluding hydrogens is 414 g/mol. The highest BCUT2D eigenvalue weighted by Gasteiger charge is 2.48. The number of urea groups is 1. The Balaban J connectivity index is 2.23. The van der Waals surface area contributed by atoms with Gasteiger partial charge in [-0.2, -0.15) is 0 Å². The van der Waals surface area contributed by atoms with E-state index in [2.05, 4.69) is 22.5 Å². The summed E-state index contributed by atoms with van der Waals surface area (Å²) in [6, 6.07) is 4.49. The number of carbonyl (C=O) groups is 3. The third-order valence-corrected chi connectivity index (χ3v) is 4.33. The molecule has 5 N–H and O–H groups in total. The van der Waals surface area contributed by atoms with E-state index in [4.69, 9.17) is 9.62 Å². The van der Waals surface area contributed by atoms with Crippen LogP contribution < -0.4 is 21.4 Å². The number of hydrogen-bond acceptors (Lipinski definition) is 5. The minimum absolute atomic E-state index is 0.0427. The van der Waals surface area contributed by atoms with Gasteiger partial charge in [0.15, 0.2) is 0 Å². The van der Waals surface area contributed by atoms with Gasteiger partial charge in [0.2, 0.25) is 0 Å². The second kappa shape index (κ2) is 10.2. The van der Waals surface area contributed by atoms with E-state index in [0.717, 1.165) is 6.92 Å². The minimum Gasteiger partial charge on any atom is -0.471 e. The monoisotopic (exact) mass is 434 g/mol. The SMILES string of the molecule is CNC(=O)NC(C)(C(F)F)[C@H](NC(=O)c1ccc(C#Cc2ccoc2)cc1)C(=O)NO. The number of amides is 4. The maximum Gasteiger partial charge on any atom is 0.315 e. The molecule has 1 aromatic heterocycles. The number of halogens is 2. The standard InChI is InChI=1S/C20H20F2N4O5/c1-20(18(21)22,25-19(29)23-2)15(17(28)26-30)24-16(27)14-7-5-12(6-8-14)3-4-13-9-10-31-11-13/h5-11,15,18,30H,1-2H3,(H,24,27)(H,26,28)(H2,23,25,29)/t15-,20?/m1/s1. The van der Waals surface area contributed by atoms with E-state index >= 15 is 0 Å². The van der Waals surface area contributed by atoms with Crippen LogP contribution in [-0.4, -0.2) is 48.1 Å². The summed E-state index contributed by atoms with van der Waals surface area (Å²) in [5.41, 5.74) is -0.0261. The molecule has 0 aliphatic carbocycles. The molecule has 0 aliphatic heterocycles. The smallest absolute Gasteiger partial charge is 0.315 e. The highest BCUT2D eigenvalue weighted by molar-refractivity contribution is 5.98. The van der Waals surface area contributed by atoms with Gasteiger partial charge in [-0.25, -0.2) is 19.1 Å². The van der Waals surface area contributed by atoms with Gasteiger partial charge in [-0.3, -0.25) is 14.8 Å². The first-order chi connectivity index (χ1) is 14.7. The van der Waals surface area contributed by atoms with Crippen molar-refractivity contribution in [2.45, 2.75) is 24.9 Å². The molecular formula is C20H20F2N4O5. The fourth-order valence-corrected chi connectivity index (χ4v) is 2.51. The van der Waals surface area contributed by atoms with Crippen molar-refractivity contribution in [3.8, 4) is 11.8 Å². The molecule has 2 rings (SSSR count). The van der Waals surface area contributed by atoms with Crippen molar-refractivity contribution < 1.29 is 32.8 Å². The first-order valence-corrected chi connectivity index (χ1v) is 8.88. The van der Waals surface area contributed by atoms with Crippen molar-refractivity contribution in [1.82, 2.24) is 21.4 Å². The largest absolute Gasteiger partial charge is 0.471 e.